The lowest BCUT2D eigenvalue weighted by Gasteiger charge is -1.96. The number of ether oxygens (including phenoxy) is 1. The molecule has 0 spiro atoms. The summed E-state index contributed by atoms with van der Waals surface area (Å²) in [6.45, 7) is 0. The molecule has 0 N–H and O–H groups in total. The van der Waals surface area contributed by atoms with Crippen LogP contribution in [0.2, 0.25) is 0 Å². The molecule has 1 heterocycles. The van der Waals surface area contributed by atoms with Crippen LogP contribution in [0.25, 0.3) is 0 Å². The molecule has 0 aliphatic carbocycles. The van der Waals surface area contributed by atoms with E-state index in [4.69, 9.17) is 0 Å². The molecule has 1 rings (SSSR count). The van der Waals surface area contributed by atoms with Crippen LogP contribution < -0.4 is 0 Å². The van der Waals surface area contributed by atoms with E-state index in [9.17, 15) is 9.59 Å². The first-order valence-corrected chi connectivity index (χ1v) is 3.71. The van der Waals surface area contributed by atoms with E-state index in [-0.39, 0.29) is 30.8 Å². The third kappa shape index (κ3) is 3.23. The van der Waals surface area contributed by atoms with Gasteiger partial charge < -0.3 is 4.74 Å². The highest BCUT2D eigenvalue weighted by atomic mass is 16.5. The summed E-state index contributed by atoms with van der Waals surface area (Å²) in [4.78, 5) is 21.6. The molecular weight excluding hydrogens is 160 g/mol. The van der Waals surface area contributed by atoms with Crippen LogP contribution >= 0.6 is 0 Å². The number of nitrogens with zero attached hydrogens (tertiary/aromatic N) is 2. The van der Waals surface area contributed by atoms with E-state index < -0.39 is 0 Å². The molecule has 1 aliphatic heterocycles. The topological polar surface area (TPSA) is 68.1 Å². The van der Waals surface area contributed by atoms with Crippen molar-refractivity contribution < 1.29 is 14.3 Å². The molecule has 0 fully saturated rings. The zero-order chi connectivity index (χ0) is 8.97. The standard InChI is InChI=1S/C7H10N2O3/c1-12-7(11)3-2-5(10)4-6-8-9-6/h6H,2-4H2,1H3. The van der Waals surface area contributed by atoms with Gasteiger partial charge in [-0.05, 0) is 0 Å². The van der Waals surface area contributed by atoms with E-state index in [0.717, 1.165) is 0 Å². The summed E-state index contributed by atoms with van der Waals surface area (Å²) in [5, 5.41) is 7.16. The predicted octanol–water partition coefficient (Wildman–Crippen LogP) is 0.691. The molecule has 0 aromatic carbocycles. The van der Waals surface area contributed by atoms with Crippen LogP contribution in [0.15, 0.2) is 10.2 Å². The number of hydrogen-bond donors (Lipinski definition) is 0. The number of carbonyl (C=O) groups excluding carboxylic acids is 2. The molecular formula is C7H10N2O3. The van der Waals surface area contributed by atoms with Crippen molar-refractivity contribution in [1.29, 1.82) is 0 Å². The molecule has 0 aromatic rings. The summed E-state index contributed by atoms with van der Waals surface area (Å²) in [6, 6.07) is 0. The van der Waals surface area contributed by atoms with Crippen LogP contribution in [-0.2, 0) is 14.3 Å². The first-order valence-electron chi connectivity index (χ1n) is 3.71. The van der Waals surface area contributed by atoms with Crippen LogP contribution in [-0.4, -0.2) is 25.0 Å². The highest BCUT2D eigenvalue weighted by Gasteiger charge is 2.20. The van der Waals surface area contributed by atoms with Crippen LogP contribution in [0.3, 0.4) is 0 Å². The quantitative estimate of drug-likeness (QED) is 0.570. The third-order valence-corrected chi connectivity index (χ3v) is 1.52. The second-order valence-corrected chi connectivity index (χ2v) is 2.53. The van der Waals surface area contributed by atoms with Gasteiger partial charge in [0.25, 0.3) is 0 Å². The van der Waals surface area contributed by atoms with Gasteiger partial charge in [0.05, 0.1) is 20.0 Å². The fraction of sp³-hybridized carbons (Fsp3) is 0.714. The molecule has 0 bridgehead atoms. The van der Waals surface area contributed by atoms with E-state index in [0.29, 0.717) is 6.42 Å². The van der Waals surface area contributed by atoms with Crippen LogP contribution in [0.5, 0.6) is 0 Å². The summed E-state index contributed by atoms with van der Waals surface area (Å²) in [5.41, 5.74) is 0. The molecule has 0 radical (unpaired) electrons. The van der Waals surface area contributed by atoms with Gasteiger partial charge in [-0.1, -0.05) is 0 Å². The Kier molecular flexibility index (Phi) is 2.90. The molecule has 0 saturated carbocycles. The fourth-order valence-electron chi connectivity index (χ4n) is 0.778. The van der Waals surface area contributed by atoms with E-state index in [1.165, 1.54) is 7.11 Å². The number of methoxy groups -OCH3 is 1. The summed E-state index contributed by atoms with van der Waals surface area (Å²) in [5.74, 6) is -0.344. The van der Waals surface area contributed by atoms with Crippen molar-refractivity contribution in [2.75, 3.05) is 7.11 Å². The van der Waals surface area contributed by atoms with Crippen molar-refractivity contribution in [1.82, 2.24) is 0 Å². The maximum Gasteiger partial charge on any atom is 0.305 e. The summed E-state index contributed by atoms with van der Waals surface area (Å²) in [6.07, 6.45) is 0.586. The summed E-state index contributed by atoms with van der Waals surface area (Å²) < 4.78 is 4.38. The lowest BCUT2D eigenvalue weighted by molar-refractivity contribution is -0.141. The molecule has 5 nitrogen and oxygen atoms in total. The number of ketones is 1. The van der Waals surface area contributed by atoms with E-state index >= 15 is 0 Å². The molecule has 0 amide bonds. The monoisotopic (exact) mass is 170 g/mol. The molecule has 0 unspecified atom stereocenters. The molecule has 66 valence electrons. The molecule has 12 heavy (non-hydrogen) atoms. The smallest absolute Gasteiger partial charge is 0.305 e. The first-order chi connectivity index (χ1) is 5.72. The SMILES string of the molecule is COC(=O)CCC(=O)CC1N=N1. The Hall–Kier alpha value is -1.26. The van der Waals surface area contributed by atoms with Gasteiger partial charge in [0.1, 0.15) is 5.78 Å². The minimum absolute atomic E-state index is 0.00963. The lowest BCUT2D eigenvalue weighted by atomic mass is 10.1. The maximum atomic E-state index is 11.0. The number of Topliss-reactive ketones (excluding diaryl/α,β-unsaturated/α-hetero) is 1. The highest BCUT2D eigenvalue weighted by Crippen LogP contribution is 2.15. The van der Waals surface area contributed by atoms with Crippen molar-refractivity contribution in [3.8, 4) is 0 Å². The van der Waals surface area contributed by atoms with Gasteiger partial charge in [-0.25, -0.2) is 0 Å². The van der Waals surface area contributed by atoms with Crippen molar-refractivity contribution in [2.45, 2.75) is 25.4 Å². The molecule has 0 atom stereocenters. The number of rotatable bonds is 5. The molecule has 0 aromatic heterocycles. The summed E-state index contributed by atoms with van der Waals surface area (Å²) in [7, 11) is 1.30. The zero-order valence-electron chi connectivity index (χ0n) is 6.82. The Labute approximate surface area is 69.8 Å². The van der Waals surface area contributed by atoms with E-state index in [2.05, 4.69) is 15.0 Å². The average molecular weight is 170 g/mol. The maximum absolute atomic E-state index is 11.0. The van der Waals surface area contributed by atoms with Gasteiger partial charge in [-0.3, -0.25) is 9.59 Å². The number of carbonyl (C=O) groups is 2. The minimum atomic E-state index is -0.354. The van der Waals surface area contributed by atoms with Gasteiger partial charge in [-0.2, -0.15) is 10.2 Å². The number of hydrogen-bond acceptors (Lipinski definition) is 5. The zero-order valence-corrected chi connectivity index (χ0v) is 6.82. The Morgan fingerprint density at radius 2 is 2.00 bits per heavy atom. The Bertz CT molecular complexity index is 219. The third-order valence-electron chi connectivity index (χ3n) is 1.52. The second kappa shape index (κ2) is 3.94. The predicted molar refractivity (Wildman–Crippen MR) is 39.5 cm³/mol. The van der Waals surface area contributed by atoms with Crippen LogP contribution in [0, 0.1) is 0 Å². The molecule has 5 heteroatoms. The van der Waals surface area contributed by atoms with Gasteiger partial charge >= 0.3 is 5.97 Å². The van der Waals surface area contributed by atoms with Gasteiger partial charge in [-0.15, -0.1) is 0 Å². The second-order valence-electron chi connectivity index (χ2n) is 2.53. The van der Waals surface area contributed by atoms with Crippen LogP contribution in [0.4, 0.5) is 0 Å². The average Bonchev–Trinajstić information content (AvgIpc) is 2.84. The number of esters is 1. The van der Waals surface area contributed by atoms with Crippen molar-refractivity contribution in [3.63, 3.8) is 0 Å². The first kappa shape index (κ1) is 8.83. The molecule has 1 aliphatic rings. The van der Waals surface area contributed by atoms with Crippen molar-refractivity contribution >= 4 is 11.8 Å². The van der Waals surface area contributed by atoms with E-state index in [1.54, 1.807) is 0 Å². The van der Waals surface area contributed by atoms with Crippen molar-refractivity contribution in [2.24, 2.45) is 10.2 Å². The van der Waals surface area contributed by atoms with Crippen molar-refractivity contribution in [3.05, 3.63) is 0 Å². The van der Waals surface area contributed by atoms with Gasteiger partial charge in [0.15, 0.2) is 6.17 Å². The van der Waals surface area contributed by atoms with E-state index in [1.807, 2.05) is 0 Å². The van der Waals surface area contributed by atoms with Gasteiger partial charge in [0, 0.05) is 6.42 Å². The summed E-state index contributed by atoms with van der Waals surface area (Å²) >= 11 is 0. The fourth-order valence-corrected chi connectivity index (χ4v) is 0.778. The Balaban J connectivity index is 2.05. The largest absolute Gasteiger partial charge is 0.469 e. The highest BCUT2D eigenvalue weighted by molar-refractivity contribution is 5.83. The molecule has 0 saturated heterocycles. The normalized spacial score (nSPS) is 14.4. The minimum Gasteiger partial charge on any atom is -0.469 e. The van der Waals surface area contributed by atoms with Crippen LogP contribution in [0.1, 0.15) is 19.3 Å². The Morgan fingerprint density at radius 3 is 2.50 bits per heavy atom. The lowest BCUT2D eigenvalue weighted by Crippen LogP contribution is -2.07. The van der Waals surface area contributed by atoms with Gasteiger partial charge in [0.2, 0.25) is 0 Å². The Morgan fingerprint density at radius 1 is 1.33 bits per heavy atom.